The number of hydrogen-bond acceptors (Lipinski definition) is 7. The van der Waals surface area contributed by atoms with Gasteiger partial charge in [0.15, 0.2) is 4.90 Å². The van der Waals surface area contributed by atoms with E-state index in [4.69, 9.17) is 16.7 Å². The van der Waals surface area contributed by atoms with Gasteiger partial charge in [-0.3, -0.25) is 4.79 Å². The number of rotatable bonds is 6. The van der Waals surface area contributed by atoms with Crippen LogP contribution in [0.25, 0.3) is 5.69 Å². The molecule has 3 aromatic rings. The van der Waals surface area contributed by atoms with Crippen molar-refractivity contribution in [3.8, 4) is 5.69 Å². The van der Waals surface area contributed by atoms with Gasteiger partial charge >= 0.3 is 0 Å². The van der Waals surface area contributed by atoms with Crippen LogP contribution in [0.15, 0.2) is 40.4 Å². The lowest BCUT2D eigenvalue weighted by Gasteiger charge is -2.12. The first-order valence-corrected chi connectivity index (χ1v) is 11.1. The third-order valence-electron chi connectivity index (χ3n) is 4.07. The van der Waals surface area contributed by atoms with E-state index in [0.717, 1.165) is 22.4 Å². The Morgan fingerprint density at radius 1 is 1.28 bits per heavy atom. The van der Waals surface area contributed by atoms with E-state index in [9.17, 15) is 9.35 Å². The van der Waals surface area contributed by atoms with Gasteiger partial charge in [0.1, 0.15) is 0 Å². The summed E-state index contributed by atoms with van der Waals surface area (Å²) in [6.07, 6.45) is 0. The Morgan fingerprint density at radius 3 is 2.59 bits per heavy atom. The minimum absolute atomic E-state index is 0.0885. The molecular weight excluding hydrogens is 432 g/mol. The first-order chi connectivity index (χ1) is 13.8. The van der Waals surface area contributed by atoms with Gasteiger partial charge in [-0.05, 0) is 54.5 Å². The summed E-state index contributed by atoms with van der Waals surface area (Å²) in [5.74, 6) is -0.184. The Hall–Kier alpha value is -2.11. The van der Waals surface area contributed by atoms with Crippen LogP contribution < -0.4 is 10.5 Å². The molecule has 1 unspecified atom stereocenters. The number of amides is 1. The molecule has 11 heteroatoms. The first-order valence-electron chi connectivity index (χ1n) is 8.51. The van der Waals surface area contributed by atoms with Crippen molar-refractivity contribution in [2.24, 2.45) is 5.14 Å². The van der Waals surface area contributed by atoms with Gasteiger partial charge in [0.2, 0.25) is 11.1 Å². The molecule has 0 saturated heterocycles. The third-order valence-corrected chi connectivity index (χ3v) is 6.02. The summed E-state index contributed by atoms with van der Waals surface area (Å²) in [5.41, 5.74) is 4.57. The van der Waals surface area contributed by atoms with Crippen molar-refractivity contribution in [3.05, 3.63) is 52.0 Å². The molecule has 0 bridgehead atoms. The number of carbonyl (C=O) groups excluding carboxylic acids is 1. The highest BCUT2D eigenvalue weighted by atomic mass is 35.5. The molecular formula is C18H19ClN6O2S2. The van der Waals surface area contributed by atoms with Gasteiger partial charge in [-0.25, -0.2) is 0 Å². The number of aryl methyl sites for hydroxylation is 3. The van der Waals surface area contributed by atoms with Gasteiger partial charge in [0.05, 0.1) is 33.5 Å². The van der Waals surface area contributed by atoms with E-state index in [2.05, 4.69) is 33.0 Å². The minimum Gasteiger partial charge on any atom is -0.593 e. The molecule has 152 valence electrons. The lowest BCUT2D eigenvalue weighted by atomic mass is 10.1. The number of nitrogens with zero attached hydrogens (tertiary/aromatic N) is 4. The van der Waals surface area contributed by atoms with Crippen LogP contribution in [0.2, 0.25) is 5.02 Å². The van der Waals surface area contributed by atoms with Crippen LogP contribution in [0.4, 0.5) is 5.69 Å². The normalized spacial score (nSPS) is 12.1. The number of nitrogens with one attached hydrogen (secondary N) is 1. The highest BCUT2D eigenvalue weighted by molar-refractivity contribution is 7.99. The number of halogens is 1. The predicted octanol–water partition coefficient (Wildman–Crippen LogP) is 2.95. The van der Waals surface area contributed by atoms with E-state index < -0.39 is 11.4 Å². The van der Waals surface area contributed by atoms with Crippen LogP contribution in [0.5, 0.6) is 0 Å². The Balaban J connectivity index is 1.71. The summed E-state index contributed by atoms with van der Waals surface area (Å²) in [7, 11) is 0. The van der Waals surface area contributed by atoms with Crippen LogP contribution in [0, 0.1) is 20.8 Å². The second-order valence-corrected chi connectivity index (χ2v) is 8.81. The summed E-state index contributed by atoms with van der Waals surface area (Å²) >= 11 is 5.70. The fraction of sp³-hybridized carbons (Fsp3) is 0.222. The van der Waals surface area contributed by atoms with Crippen molar-refractivity contribution in [1.82, 2.24) is 20.2 Å². The van der Waals surface area contributed by atoms with Crippen molar-refractivity contribution in [2.45, 2.75) is 30.8 Å². The summed E-state index contributed by atoms with van der Waals surface area (Å²) in [6.45, 7) is 6.03. The van der Waals surface area contributed by atoms with E-state index in [1.165, 1.54) is 17.8 Å². The average molecular weight is 451 g/mol. The number of anilines is 1. The monoisotopic (exact) mass is 450 g/mol. The molecule has 1 heterocycles. The van der Waals surface area contributed by atoms with Gasteiger partial charge < -0.3 is 9.87 Å². The third kappa shape index (κ3) is 5.09. The quantitative estimate of drug-likeness (QED) is 0.437. The number of nitrogens with two attached hydrogens (primary N) is 1. The molecule has 1 amide bonds. The summed E-state index contributed by atoms with van der Waals surface area (Å²) in [6, 6.07) is 8.70. The molecule has 2 aromatic carbocycles. The van der Waals surface area contributed by atoms with Crippen molar-refractivity contribution in [2.75, 3.05) is 11.1 Å². The lowest BCUT2D eigenvalue weighted by molar-refractivity contribution is -0.113. The van der Waals surface area contributed by atoms with E-state index in [1.807, 2.05) is 20.8 Å². The minimum atomic E-state index is -1.64. The van der Waals surface area contributed by atoms with Crippen molar-refractivity contribution >= 4 is 46.3 Å². The second-order valence-electron chi connectivity index (χ2n) is 6.40. The Kier molecular flexibility index (Phi) is 6.81. The molecule has 3 rings (SSSR count). The summed E-state index contributed by atoms with van der Waals surface area (Å²) < 4.78 is 12.9. The molecule has 0 radical (unpaired) electrons. The van der Waals surface area contributed by atoms with E-state index >= 15 is 0 Å². The molecule has 0 spiro atoms. The van der Waals surface area contributed by atoms with Gasteiger partial charge in [-0.15, -0.1) is 10.2 Å². The number of tetrazole rings is 1. The van der Waals surface area contributed by atoms with Crippen molar-refractivity contribution in [1.29, 1.82) is 0 Å². The van der Waals surface area contributed by atoms with Gasteiger partial charge in [-0.2, -0.15) is 4.68 Å². The number of thioether (sulfide) groups is 1. The Morgan fingerprint density at radius 2 is 1.97 bits per heavy atom. The molecule has 3 N–H and O–H groups in total. The Labute approximate surface area is 180 Å². The molecule has 1 atom stereocenters. The van der Waals surface area contributed by atoms with Crippen molar-refractivity contribution < 1.29 is 9.35 Å². The topological polar surface area (TPSA) is 122 Å². The molecule has 0 aliphatic rings. The SMILES string of the molecule is Cc1cc(C)c(-n2nnnc2SCC(=O)Nc2ccc([S+](N)[O-])cc2Cl)c(C)c1. The smallest absolute Gasteiger partial charge is 0.234 e. The van der Waals surface area contributed by atoms with E-state index in [-0.39, 0.29) is 16.7 Å². The van der Waals surface area contributed by atoms with Crippen LogP contribution in [0.3, 0.4) is 0 Å². The molecule has 0 aliphatic carbocycles. The highest BCUT2D eigenvalue weighted by Crippen LogP contribution is 2.27. The maximum absolute atomic E-state index is 12.4. The zero-order valence-corrected chi connectivity index (χ0v) is 18.4. The Bertz CT molecular complexity index is 1030. The molecule has 0 fully saturated rings. The van der Waals surface area contributed by atoms with Gasteiger partial charge in [-0.1, -0.05) is 41.1 Å². The highest BCUT2D eigenvalue weighted by Gasteiger charge is 2.16. The van der Waals surface area contributed by atoms with Gasteiger partial charge in [0, 0.05) is 6.07 Å². The lowest BCUT2D eigenvalue weighted by Crippen LogP contribution is -2.16. The van der Waals surface area contributed by atoms with E-state index in [0.29, 0.717) is 15.7 Å². The molecule has 29 heavy (non-hydrogen) atoms. The fourth-order valence-electron chi connectivity index (χ4n) is 2.95. The van der Waals surface area contributed by atoms with Crippen LogP contribution in [0.1, 0.15) is 16.7 Å². The van der Waals surface area contributed by atoms with Crippen molar-refractivity contribution in [3.63, 3.8) is 0 Å². The average Bonchev–Trinajstić information content (AvgIpc) is 3.09. The van der Waals surface area contributed by atoms with E-state index in [1.54, 1.807) is 16.8 Å². The number of carbonyl (C=O) groups is 1. The second kappa shape index (κ2) is 9.14. The number of hydrogen-bond donors (Lipinski definition) is 2. The van der Waals surface area contributed by atoms with Crippen LogP contribution in [-0.4, -0.2) is 36.4 Å². The standard InChI is InChI=1S/C18H19ClN6O2S2/c1-10-6-11(2)17(12(3)7-10)25-18(22-23-24-25)28-9-16(26)21-15-5-4-13(29(20)27)8-14(15)19/h4-8H,9,20H2,1-3H3,(H,21,26). The maximum atomic E-state index is 12.4. The van der Waals surface area contributed by atoms with Gasteiger partial charge in [0.25, 0.3) is 0 Å². The van der Waals surface area contributed by atoms with Crippen LogP contribution >= 0.6 is 23.4 Å². The largest absolute Gasteiger partial charge is 0.593 e. The molecule has 0 aliphatic heterocycles. The maximum Gasteiger partial charge on any atom is 0.234 e. The van der Waals surface area contributed by atoms with Crippen LogP contribution in [-0.2, 0) is 16.2 Å². The predicted molar refractivity (Wildman–Crippen MR) is 115 cm³/mol. The molecule has 1 aromatic heterocycles. The first kappa shape index (κ1) is 21.6. The summed E-state index contributed by atoms with van der Waals surface area (Å²) in [5, 5.41) is 20.7. The molecule has 8 nitrogen and oxygen atoms in total. The molecule has 0 saturated carbocycles. The fourth-order valence-corrected chi connectivity index (χ4v) is 4.36. The zero-order chi connectivity index (χ0) is 21.1. The number of benzene rings is 2. The number of aromatic nitrogens is 4. The summed E-state index contributed by atoms with van der Waals surface area (Å²) in [4.78, 5) is 12.7. The zero-order valence-electron chi connectivity index (χ0n) is 16.0.